The molecule has 3 N–H and O–H groups in total. The van der Waals surface area contributed by atoms with Crippen LogP contribution in [-0.4, -0.2) is 24.0 Å². The van der Waals surface area contributed by atoms with E-state index < -0.39 is 0 Å². The van der Waals surface area contributed by atoms with Crippen LogP contribution in [0.25, 0.3) is 0 Å². The fourth-order valence-corrected chi connectivity index (χ4v) is 2.13. The summed E-state index contributed by atoms with van der Waals surface area (Å²) >= 11 is 7.77. The van der Waals surface area contributed by atoms with Crippen molar-refractivity contribution in [3.05, 3.63) is 29.3 Å². The molecule has 0 saturated carbocycles. The molecule has 1 aromatic rings. The number of halogens is 1. The highest BCUT2D eigenvalue weighted by molar-refractivity contribution is 7.98. The summed E-state index contributed by atoms with van der Waals surface area (Å²) in [6.07, 6.45) is 3.72. The number of amides is 1. The zero-order valence-corrected chi connectivity index (χ0v) is 11.4. The number of rotatable bonds is 7. The molecule has 1 atom stereocenters. The number of carbonyl (C=O) groups excluding carboxylic acids is 1. The van der Waals surface area contributed by atoms with Crippen molar-refractivity contribution in [2.45, 2.75) is 18.9 Å². The molecular weight excluding hydrogens is 256 g/mol. The average Bonchev–Trinajstić information content (AvgIpc) is 2.30. The first-order chi connectivity index (χ1) is 8.15. The smallest absolute Gasteiger partial charge is 0.239 e. The summed E-state index contributed by atoms with van der Waals surface area (Å²) in [4.78, 5) is 11.3. The van der Waals surface area contributed by atoms with E-state index in [2.05, 4.69) is 5.32 Å². The Morgan fingerprint density at radius 3 is 2.82 bits per heavy atom. The van der Waals surface area contributed by atoms with Crippen LogP contribution in [-0.2, 0) is 4.79 Å². The fourth-order valence-electron chi connectivity index (χ4n) is 1.48. The standard InChI is InChI=1S/C12H17ClN2OS/c1-17-8-4-7-11(12(14)16)15-10-6-3-2-5-9(10)13/h2-3,5-6,11,15H,4,7-8H2,1H3,(H2,14,16). The molecule has 3 nitrogen and oxygen atoms in total. The van der Waals surface area contributed by atoms with E-state index in [1.165, 1.54) is 0 Å². The third kappa shape index (κ3) is 4.88. The summed E-state index contributed by atoms with van der Waals surface area (Å²) in [5.41, 5.74) is 6.12. The van der Waals surface area contributed by atoms with Crippen molar-refractivity contribution in [2.75, 3.05) is 17.3 Å². The number of thioether (sulfide) groups is 1. The molecule has 1 rings (SSSR count). The first-order valence-corrected chi connectivity index (χ1v) is 7.21. The number of nitrogens with one attached hydrogen (secondary N) is 1. The number of carbonyl (C=O) groups is 1. The van der Waals surface area contributed by atoms with Crippen LogP contribution in [0.2, 0.25) is 5.02 Å². The van der Waals surface area contributed by atoms with Crippen LogP contribution in [0, 0.1) is 0 Å². The number of para-hydroxylation sites is 1. The summed E-state index contributed by atoms with van der Waals surface area (Å²) in [6.45, 7) is 0. The molecule has 0 aliphatic heterocycles. The highest BCUT2D eigenvalue weighted by Crippen LogP contribution is 2.22. The monoisotopic (exact) mass is 272 g/mol. The van der Waals surface area contributed by atoms with E-state index in [1.807, 2.05) is 24.5 Å². The van der Waals surface area contributed by atoms with E-state index in [0.29, 0.717) is 5.02 Å². The van der Waals surface area contributed by atoms with E-state index in [4.69, 9.17) is 17.3 Å². The van der Waals surface area contributed by atoms with Crippen molar-refractivity contribution in [3.8, 4) is 0 Å². The number of anilines is 1. The van der Waals surface area contributed by atoms with Crippen molar-refractivity contribution < 1.29 is 4.79 Å². The molecule has 0 radical (unpaired) electrons. The Balaban J connectivity index is 2.61. The van der Waals surface area contributed by atoms with E-state index in [9.17, 15) is 4.79 Å². The summed E-state index contributed by atoms with van der Waals surface area (Å²) in [5.74, 6) is 0.680. The van der Waals surface area contributed by atoms with Gasteiger partial charge in [0, 0.05) is 0 Å². The number of hydrogen-bond acceptors (Lipinski definition) is 3. The Morgan fingerprint density at radius 2 is 2.24 bits per heavy atom. The first kappa shape index (κ1) is 14.2. The SMILES string of the molecule is CSCCCC(Nc1ccccc1Cl)C(N)=O. The minimum absolute atomic E-state index is 0.342. The van der Waals surface area contributed by atoms with Gasteiger partial charge in [0.25, 0.3) is 0 Å². The van der Waals surface area contributed by atoms with Crippen LogP contribution in [0.15, 0.2) is 24.3 Å². The number of primary amides is 1. The van der Waals surface area contributed by atoms with Crippen LogP contribution >= 0.6 is 23.4 Å². The molecule has 0 bridgehead atoms. The Labute approximate surface area is 111 Å². The first-order valence-electron chi connectivity index (χ1n) is 5.44. The Kier molecular flexibility index (Phi) is 6.22. The van der Waals surface area contributed by atoms with Crippen molar-refractivity contribution in [2.24, 2.45) is 5.73 Å². The molecule has 0 aliphatic rings. The van der Waals surface area contributed by atoms with Gasteiger partial charge in [0.1, 0.15) is 6.04 Å². The molecular formula is C12H17ClN2OS. The van der Waals surface area contributed by atoms with Crippen LogP contribution in [0.5, 0.6) is 0 Å². The van der Waals surface area contributed by atoms with Gasteiger partial charge in [-0.05, 0) is 37.0 Å². The Bertz CT molecular complexity index is 373. The van der Waals surface area contributed by atoms with Crippen LogP contribution in [0.4, 0.5) is 5.69 Å². The average molecular weight is 273 g/mol. The van der Waals surface area contributed by atoms with Crippen molar-refractivity contribution in [3.63, 3.8) is 0 Å². The highest BCUT2D eigenvalue weighted by Gasteiger charge is 2.15. The quantitative estimate of drug-likeness (QED) is 0.751. The molecule has 94 valence electrons. The molecule has 5 heteroatoms. The second-order valence-corrected chi connectivity index (χ2v) is 5.11. The van der Waals surface area contributed by atoms with Gasteiger partial charge in [-0.1, -0.05) is 23.7 Å². The van der Waals surface area contributed by atoms with E-state index >= 15 is 0 Å². The van der Waals surface area contributed by atoms with Crippen molar-refractivity contribution >= 4 is 35.0 Å². The topological polar surface area (TPSA) is 55.1 Å². The summed E-state index contributed by atoms with van der Waals surface area (Å²) < 4.78 is 0. The maximum atomic E-state index is 11.3. The molecule has 0 aliphatic carbocycles. The van der Waals surface area contributed by atoms with Gasteiger partial charge in [-0.25, -0.2) is 0 Å². The molecule has 1 unspecified atom stereocenters. The molecule has 1 aromatic carbocycles. The maximum absolute atomic E-state index is 11.3. The number of hydrogen-bond donors (Lipinski definition) is 2. The van der Waals surface area contributed by atoms with E-state index in [-0.39, 0.29) is 11.9 Å². The zero-order chi connectivity index (χ0) is 12.7. The van der Waals surface area contributed by atoms with Crippen LogP contribution in [0.3, 0.4) is 0 Å². The lowest BCUT2D eigenvalue weighted by atomic mass is 10.1. The summed E-state index contributed by atoms with van der Waals surface area (Å²) in [5, 5.41) is 3.69. The largest absolute Gasteiger partial charge is 0.372 e. The van der Waals surface area contributed by atoms with Gasteiger partial charge < -0.3 is 11.1 Å². The van der Waals surface area contributed by atoms with Gasteiger partial charge in [0.05, 0.1) is 10.7 Å². The molecule has 0 spiro atoms. The minimum atomic E-state index is -0.359. The minimum Gasteiger partial charge on any atom is -0.372 e. The van der Waals surface area contributed by atoms with E-state index in [1.54, 1.807) is 17.8 Å². The highest BCUT2D eigenvalue weighted by atomic mass is 35.5. The number of nitrogens with two attached hydrogens (primary N) is 1. The molecule has 17 heavy (non-hydrogen) atoms. The van der Waals surface area contributed by atoms with Gasteiger partial charge in [-0.2, -0.15) is 11.8 Å². The van der Waals surface area contributed by atoms with Gasteiger partial charge in [0.2, 0.25) is 5.91 Å². The van der Waals surface area contributed by atoms with Gasteiger partial charge in [-0.15, -0.1) is 0 Å². The Hall–Kier alpha value is -0.870. The Morgan fingerprint density at radius 1 is 1.53 bits per heavy atom. The normalized spacial score (nSPS) is 12.1. The summed E-state index contributed by atoms with van der Waals surface area (Å²) in [7, 11) is 0. The molecule has 0 heterocycles. The zero-order valence-electron chi connectivity index (χ0n) is 9.78. The molecule has 0 fully saturated rings. The predicted octanol–water partition coefficient (Wildman–Crippen LogP) is 2.75. The van der Waals surface area contributed by atoms with Crippen LogP contribution in [0.1, 0.15) is 12.8 Å². The van der Waals surface area contributed by atoms with E-state index in [0.717, 1.165) is 24.3 Å². The lowest BCUT2D eigenvalue weighted by Crippen LogP contribution is -2.35. The fraction of sp³-hybridized carbons (Fsp3) is 0.417. The third-order valence-corrected chi connectivity index (χ3v) is 3.41. The van der Waals surface area contributed by atoms with Crippen LogP contribution < -0.4 is 11.1 Å². The third-order valence-electron chi connectivity index (χ3n) is 2.39. The molecule has 0 saturated heterocycles. The number of benzene rings is 1. The van der Waals surface area contributed by atoms with Crippen molar-refractivity contribution in [1.29, 1.82) is 0 Å². The molecule has 0 aromatic heterocycles. The lowest BCUT2D eigenvalue weighted by Gasteiger charge is -2.17. The van der Waals surface area contributed by atoms with Crippen molar-refractivity contribution in [1.82, 2.24) is 0 Å². The molecule has 1 amide bonds. The second-order valence-electron chi connectivity index (χ2n) is 3.71. The van der Waals surface area contributed by atoms with Gasteiger partial charge in [-0.3, -0.25) is 4.79 Å². The summed E-state index contributed by atoms with van der Waals surface area (Å²) in [6, 6.07) is 6.98. The van der Waals surface area contributed by atoms with Gasteiger partial charge in [0.15, 0.2) is 0 Å². The lowest BCUT2D eigenvalue weighted by molar-refractivity contribution is -0.118. The maximum Gasteiger partial charge on any atom is 0.239 e. The van der Waals surface area contributed by atoms with Gasteiger partial charge >= 0.3 is 0 Å². The second kappa shape index (κ2) is 7.45. The predicted molar refractivity (Wildman–Crippen MR) is 75.7 cm³/mol.